The van der Waals surface area contributed by atoms with E-state index >= 15 is 0 Å². The van der Waals surface area contributed by atoms with Gasteiger partial charge in [-0.05, 0) is 26.0 Å². The summed E-state index contributed by atoms with van der Waals surface area (Å²) in [7, 11) is 1.61. The summed E-state index contributed by atoms with van der Waals surface area (Å²) in [6.45, 7) is 4.17. The van der Waals surface area contributed by atoms with Gasteiger partial charge in [-0.2, -0.15) is 0 Å². The summed E-state index contributed by atoms with van der Waals surface area (Å²) in [4.78, 5) is 0. The van der Waals surface area contributed by atoms with Crippen LogP contribution in [0.3, 0.4) is 0 Å². The van der Waals surface area contributed by atoms with E-state index in [0.717, 1.165) is 5.69 Å². The molecule has 0 atom stereocenters. The van der Waals surface area contributed by atoms with Crippen molar-refractivity contribution in [3.05, 3.63) is 23.2 Å². The van der Waals surface area contributed by atoms with E-state index in [1.807, 2.05) is 18.2 Å². The maximum absolute atomic E-state index is 5.88. The molecule has 0 spiro atoms. The maximum Gasteiger partial charge on any atom is 0.139 e. The van der Waals surface area contributed by atoms with Gasteiger partial charge in [0.15, 0.2) is 0 Å². The standard InChI is InChI=1S/C10H14ClNO/c1-7(2)12-8-4-5-9(11)10(6-8)13-3/h4-7,12H,1-3H3. The molecule has 2 nitrogen and oxygen atoms in total. The topological polar surface area (TPSA) is 21.3 Å². The monoisotopic (exact) mass is 199 g/mol. The highest BCUT2D eigenvalue weighted by atomic mass is 35.5. The number of halogens is 1. The largest absolute Gasteiger partial charge is 0.495 e. The number of hydrogen-bond donors (Lipinski definition) is 1. The number of benzene rings is 1. The number of hydrogen-bond acceptors (Lipinski definition) is 2. The first-order valence-corrected chi connectivity index (χ1v) is 4.61. The highest BCUT2D eigenvalue weighted by molar-refractivity contribution is 6.32. The summed E-state index contributed by atoms with van der Waals surface area (Å²) in [5, 5.41) is 3.90. The third kappa shape index (κ3) is 2.81. The second-order valence-corrected chi connectivity index (χ2v) is 3.56. The van der Waals surface area contributed by atoms with E-state index < -0.39 is 0 Å². The Hall–Kier alpha value is -0.890. The molecule has 13 heavy (non-hydrogen) atoms. The highest BCUT2D eigenvalue weighted by Gasteiger charge is 2.02. The summed E-state index contributed by atoms with van der Waals surface area (Å²) in [6, 6.07) is 6.06. The minimum absolute atomic E-state index is 0.408. The van der Waals surface area contributed by atoms with Gasteiger partial charge in [0.1, 0.15) is 5.75 Å². The molecule has 0 saturated heterocycles. The molecule has 0 amide bonds. The Morgan fingerprint density at radius 3 is 2.62 bits per heavy atom. The van der Waals surface area contributed by atoms with Crippen LogP contribution in [0.2, 0.25) is 5.02 Å². The predicted molar refractivity (Wildman–Crippen MR) is 56.8 cm³/mol. The van der Waals surface area contributed by atoms with Gasteiger partial charge in [0.05, 0.1) is 12.1 Å². The van der Waals surface area contributed by atoms with Gasteiger partial charge in [-0.3, -0.25) is 0 Å². The van der Waals surface area contributed by atoms with Gasteiger partial charge in [-0.25, -0.2) is 0 Å². The molecule has 0 bridgehead atoms. The van der Waals surface area contributed by atoms with E-state index in [-0.39, 0.29) is 0 Å². The second-order valence-electron chi connectivity index (χ2n) is 3.15. The fourth-order valence-electron chi connectivity index (χ4n) is 1.08. The van der Waals surface area contributed by atoms with Crippen LogP contribution in [0.15, 0.2) is 18.2 Å². The third-order valence-corrected chi connectivity index (χ3v) is 1.92. The molecule has 0 aliphatic carbocycles. The Balaban J connectivity index is 2.86. The average molecular weight is 200 g/mol. The minimum Gasteiger partial charge on any atom is -0.495 e. The molecule has 1 aromatic carbocycles. The lowest BCUT2D eigenvalue weighted by Gasteiger charge is -2.11. The number of rotatable bonds is 3. The van der Waals surface area contributed by atoms with E-state index in [9.17, 15) is 0 Å². The summed E-state index contributed by atoms with van der Waals surface area (Å²) >= 11 is 5.88. The first-order valence-electron chi connectivity index (χ1n) is 4.23. The highest BCUT2D eigenvalue weighted by Crippen LogP contribution is 2.27. The van der Waals surface area contributed by atoms with Crippen molar-refractivity contribution in [1.82, 2.24) is 0 Å². The number of anilines is 1. The fraction of sp³-hybridized carbons (Fsp3) is 0.400. The van der Waals surface area contributed by atoms with Crippen LogP contribution < -0.4 is 10.1 Å². The van der Waals surface area contributed by atoms with Crippen LogP contribution in [-0.4, -0.2) is 13.2 Å². The molecule has 72 valence electrons. The van der Waals surface area contributed by atoms with Crippen LogP contribution in [0.1, 0.15) is 13.8 Å². The van der Waals surface area contributed by atoms with Crippen molar-refractivity contribution in [1.29, 1.82) is 0 Å². The van der Waals surface area contributed by atoms with Crippen LogP contribution in [-0.2, 0) is 0 Å². The van der Waals surface area contributed by atoms with E-state index in [2.05, 4.69) is 19.2 Å². The Morgan fingerprint density at radius 1 is 1.38 bits per heavy atom. The zero-order chi connectivity index (χ0) is 9.84. The fourth-order valence-corrected chi connectivity index (χ4v) is 1.28. The number of nitrogens with one attached hydrogen (secondary N) is 1. The summed E-state index contributed by atoms with van der Waals surface area (Å²) < 4.78 is 5.10. The molecule has 3 heteroatoms. The van der Waals surface area contributed by atoms with Crippen LogP contribution in [0.5, 0.6) is 5.75 Å². The summed E-state index contributed by atoms with van der Waals surface area (Å²) in [6.07, 6.45) is 0. The molecule has 1 aromatic rings. The van der Waals surface area contributed by atoms with Crippen molar-refractivity contribution < 1.29 is 4.74 Å². The van der Waals surface area contributed by atoms with Gasteiger partial charge in [-0.1, -0.05) is 11.6 Å². The predicted octanol–water partition coefficient (Wildman–Crippen LogP) is 3.17. The molecular formula is C10H14ClNO. The van der Waals surface area contributed by atoms with Gasteiger partial charge < -0.3 is 10.1 Å². The maximum atomic E-state index is 5.88. The molecule has 0 fully saturated rings. The average Bonchev–Trinajstić information content (AvgIpc) is 2.07. The normalized spacial score (nSPS) is 10.2. The van der Waals surface area contributed by atoms with Crippen molar-refractivity contribution in [3.63, 3.8) is 0 Å². The molecule has 1 rings (SSSR count). The lowest BCUT2D eigenvalue weighted by Crippen LogP contribution is -2.09. The second kappa shape index (κ2) is 4.38. The van der Waals surface area contributed by atoms with Gasteiger partial charge in [0.2, 0.25) is 0 Å². The first kappa shape index (κ1) is 10.2. The molecule has 0 heterocycles. The van der Waals surface area contributed by atoms with Crippen LogP contribution in [0.4, 0.5) is 5.69 Å². The van der Waals surface area contributed by atoms with E-state index in [1.165, 1.54) is 0 Å². The Kier molecular flexibility index (Phi) is 3.43. The molecule has 0 aromatic heterocycles. The first-order chi connectivity index (χ1) is 6.13. The summed E-state index contributed by atoms with van der Waals surface area (Å²) in [5.74, 6) is 0.701. The third-order valence-electron chi connectivity index (χ3n) is 1.61. The van der Waals surface area contributed by atoms with Crippen LogP contribution >= 0.6 is 11.6 Å². The molecule has 0 unspecified atom stereocenters. The lowest BCUT2D eigenvalue weighted by atomic mass is 10.2. The molecule has 0 aliphatic heterocycles. The Bertz CT molecular complexity index is 286. The van der Waals surface area contributed by atoms with Crippen LogP contribution in [0, 0.1) is 0 Å². The molecule has 0 saturated carbocycles. The van der Waals surface area contributed by atoms with Crippen molar-refractivity contribution in [3.8, 4) is 5.75 Å². The summed E-state index contributed by atoms with van der Waals surface area (Å²) in [5.41, 5.74) is 1.02. The van der Waals surface area contributed by atoms with Gasteiger partial charge in [0, 0.05) is 17.8 Å². The quantitative estimate of drug-likeness (QED) is 0.808. The van der Waals surface area contributed by atoms with Crippen molar-refractivity contribution in [2.45, 2.75) is 19.9 Å². The minimum atomic E-state index is 0.408. The van der Waals surface area contributed by atoms with E-state index in [1.54, 1.807) is 7.11 Å². The van der Waals surface area contributed by atoms with Gasteiger partial charge in [-0.15, -0.1) is 0 Å². The van der Waals surface area contributed by atoms with Gasteiger partial charge in [0.25, 0.3) is 0 Å². The Morgan fingerprint density at radius 2 is 2.08 bits per heavy atom. The smallest absolute Gasteiger partial charge is 0.139 e. The van der Waals surface area contributed by atoms with Crippen molar-refractivity contribution >= 4 is 17.3 Å². The number of ether oxygens (including phenoxy) is 1. The van der Waals surface area contributed by atoms with Gasteiger partial charge >= 0.3 is 0 Å². The van der Waals surface area contributed by atoms with E-state index in [4.69, 9.17) is 16.3 Å². The lowest BCUT2D eigenvalue weighted by molar-refractivity contribution is 0.415. The molecular weight excluding hydrogens is 186 g/mol. The van der Waals surface area contributed by atoms with E-state index in [0.29, 0.717) is 16.8 Å². The SMILES string of the molecule is COc1cc(NC(C)C)ccc1Cl. The zero-order valence-corrected chi connectivity index (χ0v) is 8.85. The van der Waals surface area contributed by atoms with Crippen molar-refractivity contribution in [2.75, 3.05) is 12.4 Å². The molecule has 1 N–H and O–H groups in total. The van der Waals surface area contributed by atoms with Crippen LogP contribution in [0.25, 0.3) is 0 Å². The Labute approximate surface area is 83.9 Å². The zero-order valence-electron chi connectivity index (χ0n) is 8.10. The van der Waals surface area contributed by atoms with Crippen molar-refractivity contribution in [2.24, 2.45) is 0 Å². The molecule has 0 aliphatic rings. The number of methoxy groups -OCH3 is 1. The molecule has 0 radical (unpaired) electrons.